The highest BCUT2D eigenvalue weighted by molar-refractivity contribution is 7.09. The van der Waals surface area contributed by atoms with Gasteiger partial charge in [-0.15, -0.1) is 0 Å². The molecule has 0 bridgehead atoms. The predicted molar refractivity (Wildman–Crippen MR) is 98.7 cm³/mol. The first kappa shape index (κ1) is 17.8. The van der Waals surface area contributed by atoms with Gasteiger partial charge in [0.25, 0.3) is 0 Å². The van der Waals surface area contributed by atoms with E-state index < -0.39 is 0 Å². The molecule has 0 saturated heterocycles. The van der Waals surface area contributed by atoms with Gasteiger partial charge in [0.05, 0.1) is 17.6 Å². The first-order valence-corrected chi connectivity index (χ1v) is 8.67. The van der Waals surface area contributed by atoms with E-state index in [2.05, 4.69) is 4.98 Å². The smallest absolute Gasteiger partial charge is 0.307 e. The van der Waals surface area contributed by atoms with Crippen molar-refractivity contribution in [1.82, 2.24) is 4.98 Å². The minimum Gasteiger partial charge on any atom is -0.496 e. The maximum atomic E-state index is 12.3. The van der Waals surface area contributed by atoms with Crippen LogP contribution in [-0.2, 0) is 6.42 Å². The summed E-state index contributed by atoms with van der Waals surface area (Å²) in [6, 6.07) is 14.1. The fraction of sp³-hybridized carbons (Fsp3) is 0.158. The number of rotatable bonds is 7. The van der Waals surface area contributed by atoms with E-state index in [-0.39, 0.29) is 23.1 Å². The molecule has 3 aromatic rings. The molecule has 7 heteroatoms. The third kappa shape index (κ3) is 4.12. The van der Waals surface area contributed by atoms with Crippen LogP contribution in [0.15, 0.2) is 53.3 Å². The molecule has 0 spiro atoms. The second-order valence-electron chi connectivity index (χ2n) is 5.52. The van der Waals surface area contributed by atoms with Crippen LogP contribution in [0.3, 0.4) is 0 Å². The molecule has 0 radical (unpaired) electrons. The normalized spacial score (nSPS) is 10.5. The molecule has 2 aromatic carbocycles. The van der Waals surface area contributed by atoms with Gasteiger partial charge in [0, 0.05) is 6.42 Å². The average molecular weight is 371 g/mol. The Morgan fingerprint density at radius 2 is 1.88 bits per heavy atom. The number of thiazole rings is 1. The van der Waals surface area contributed by atoms with Gasteiger partial charge >= 0.3 is 4.87 Å². The molecule has 3 rings (SSSR count). The zero-order chi connectivity index (χ0) is 18.5. The molecule has 0 saturated carbocycles. The van der Waals surface area contributed by atoms with Crippen LogP contribution in [0, 0.1) is 0 Å². The Bertz CT molecular complexity index is 959. The van der Waals surface area contributed by atoms with E-state index in [9.17, 15) is 14.7 Å². The third-order valence-corrected chi connectivity index (χ3v) is 4.64. The number of hydrogen-bond donors (Lipinski definition) is 2. The number of aromatic amines is 1. The van der Waals surface area contributed by atoms with Crippen molar-refractivity contribution in [3.8, 4) is 17.4 Å². The van der Waals surface area contributed by atoms with E-state index in [0.29, 0.717) is 28.4 Å². The molecule has 0 fully saturated rings. The molecule has 0 atom stereocenters. The van der Waals surface area contributed by atoms with Crippen LogP contribution in [0.4, 0.5) is 0 Å². The summed E-state index contributed by atoms with van der Waals surface area (Å²) in [5, 5.41) is 9.63. The number of benzene rings is 2. The Labute approximate surface area is 153 Å². The standard InChI is InChI=1S/C19H17NO5S/c1-24-16-5-3-2-4-14(16)15(21)11-25-13-8-6-12(7-9-13)10-17-18(22)20-19(23)26-17/h2-9,22H,10-11H2,1H3,(H,20,23). The highest BCUT2D eigenvalue weighted by Gasteiger charge is 2.12. The summed E-state index contributed by atoms with van der Waals surface area (Å²) in [5.74, 6) is 0.807. The number of carbonyl (C=O) groups excluding carboxylic acids is 1. The van der Waals surface area contributed by atoms with Gasteiger partial charge in [-0.1, -0.05) is 35.6 Å². The number of Topliss-reactive ketones (excluding diaryl/α,β-unsaturated/α-hetero) is 1. The van der Waals surface area contributed by atoms with E-state index in [1.807, 2.05) is 12.1 Å². The lowest BCUT2D eigenvalue weighted by Gasteiger charge is -2.09. The zero-order valence-corrected chi connectivity index (χ0v) is 14.8. The van der Waals surface area contributed by atoms with Crippen LogP contribution in [0.5, 0.6) is 17.4 Å². The Morgan fingerprint density at radius 3 is 2.54 bits per heavy atom. The summed E-state index contributed by atoms with van der Waals surface area (Å²) in [7, 11) is 1.52. The Hall–Kier alpha value is -3.06. The van der Waals surface area contributed by atoms with Gasteiger partial charge in [-0.2, -0.15) is 0 Å². The summed E-state index contributed by atoms with van der Waals surface area (Å²) < 4.78 is 10.7. The molecule has 0 amide bonds. The molecule has 0 aliphatic carbocycles. The Morgan fingerprint density at radius 1 is 1.15 bits per heavy atom. The van der Waals surface area contributed by atoms with Crippen molar-refractivity contribution in [2.24, 2.45) is 0 Å². The lowest BCUT2D eigenvalue weighted by atomic mass is 10.1. The summed E-state index contributed by atoms with van der Waals surface area (Å²) >= 11 is 0.980. The van der Waals surface area contributed by atoms with Crippen LogP contribution in [-0.4, -0.2) is 29.6 Å². The first-order chi connectivity index (χ1) is 12.6. The predicted octanol–water partition coefficient (Wildman–Crippen LogP) is 3.00. The van der Waals surface area contributed by atoms with Crippen molar-refractivity contribution in [3.05, 3.63) is 74.2 Å². The number of aromatic hydroxyl groups is 1. The molecule has 6 nitrogen and oxygen atoms in total. The second-order valence-corrected chi connectivity index (χ2v) is 6.59. The maximum Gasteiger partial charge on any atom is 0.307 e. The lowest BCUT2D eigenvalue weighted by molar-refractivity contribution is 0.0918. The van der Waals surface area contributed by atoms with E-state index in [1.165, 1.54) is 7.11 Å². The van der Waals surface area contributed by atoms with Crippen molar-refractivity contribution in [3.63, 3.8) is 0 Å². The van der Waals surface area contributed by atoms with Gasteiger partial charge in [0.1, 0.15) is 11.5 Å². The molecule has 1 heterocycles. The number of ketones is 1. The number of aromatic nitrogens is 1. The second kappa shape index (κ2) is 7.88. The van der Waals surface area contributed by atoms with Crippen molar-refractivity contribution in [2.45, 2.75) is 6.42 Å². The van der Waals surface area contributed by atoms with Gasteiger partial charge in [0.2, 0.25) is 11.7 Å². The molecule has 26 heavy (non-hydrogen) atoms. The zero-order valence-electron chi connectivity index (χ0n) is 14.0. The number of carbonyl (C=O) groups is 1. The average Bonchev–Trinajstić information content (AvgIpc) is 2.97. The van der Waals surface area contributed by atoms with Gasteiger partial charge in [0.15, 0.2) is 6.61 Å². The fourth-order valence-electron chi connectivity index (χ4n) is 2.46. The molecule has 0 aliphatic heterocycles. The minimum absolute atomic E-state index is 0.0947. The van der Waals surface area contributed by atoms with Crippen molar-refractivity contribution >= 4 is 17.1 Å². The molecule has 134 valence electrons. The first-order valence-electron chi connectivity index (χ1n) is 7.85. The van der Waals surface area contributed by atoms with Crippen molar-refractivity contribution in [1.29, 1.82) is 0 Å². The summed E-state index contributed by atoms with van der Waals surface area (Å²) in [6.45, 7) is -0.0973. The van der Waals surface area contributed by atoms with Crippen molar-refractivity contribution in [2.75, 3.05) is 13.7 Å². The number of hydrogen-bond acceptors (Lipinski definition) is 6. The van der Waals surface area contributed by atoms with Crippen LogP contribution >= 0.6 is 11.3 Å². The number of nitrogens with one attached hydrogen (secondary N) is 1. The van der Waals surface area contributed by atoms with E-state index >= 15 is 0 Å². The largest absolute Gasteiger partial charge is 0.496 e. The number of ether oxygens (including phenoxy) is 2. The molecule has 2 N–H and O–H groups in total. The van der Waals surface area contributed by atoms with E-state index in [0.717, 1.165) is 16.9 Å². The molecular weight excluding hydrogens is 354 g/mol. The van der Waals surface area contributed by atoms with Crippen LogP contribution in [0.1, 0.15) is 20.8 Å². The molecular formula is C19H17NO5S. The van der Waals surface area contributed by atoms with E-state index in [4.69, 9.17) is 9.47 Å². The monoisotopic (exact) mass is 371 g/mol. The van der Waals surface area contributed by atoms with E-state index in [1.54, 1.807) is 36.4 Å². The van der Waals surface area contributed by atoms with Gasteiger partial charge in [-0.25, -0.2) is 0 Å². The van der Waals surface area contributed by atoms with Crippen LogP contribution in [0.25, 0.3) is 0 Å². The summed E-state index contributed by atoms with van der Waals surface area (Å²) in [5.41, 5.74) is 1.39. The maximum absolute atomic E-state index is 12.3. The number of methoxy groups -OCH3 is 1. The highest BCUT2D eigenvalue weighted by Crippen LogP contribution is 2.22. The Balaban J connectivity index is 1.61. The topological polar surface area (TPSA) is 88.6 Å². The van der Waals surface area contributed by atoms with Gasteiger partial charge in [-0.05, 0) is 29.8 Å². The summed E-state index contributed by atoms with van der Waals surface area (Å²) in [6.07, 6.45) is 0.440. The fourth-order valence-corrected chi connectivity index (χ4v) is 3.22. The number of para-hydroxylation sites is 1. The molecule has 0 aliphatic rings. The van der Waals surface area contributed by atoms with Crippen molar-refractivity contribution < 1.29 is 19.4 Å². The van der Waals surface area contributed by atoms with Gasteiger partial charge in [-0.3, -0.25) is 14.6 Å². The molecule has 1 aromatic heterocycles. The van der Waals surface area contributed by atoms with Crippen LogP contribution in [0.2, 0.25) is 0 Å². The minimum atomic E-state index is -0.285. The quantitative estimate of drug-likeness (QED) is 0.623. The highest BCUT2D eigenvalue weighted by atomic mass is 32.1. The summed E-state index contributed by atoms with van der Waals surface area (Å²) in [4.78, 5) is 26.1. The number of H-pyrrole nitrogens is 1. The van der Waals surface area contributed by atoms with Gasteiger partial charge < -0.3 is 14.6 Å². The molecule has 0 unspecified atom stereocenters. The third-order valence-electron chi connectivity index (χ3n) is 3.77. The SMILES string of the molecule is COc1ccccc1C(=O)COc1ccc(Cc2sc(=O)[nH]c2O)cc1. The Kier molecular flexibility index (Phi) is 5.38. The van der Waals surface area contributed by atoms with Crippen LogP contribution < -0.4 is 14.3 Å². The lowest BCUT2D eigenvalue weighted by Crippen LogP contribution is -2.12.